The predicted molar refractivity (Wildman–Crippen MR) is 91.9 cm³/mol. The van der Waals surface area contributed by atoms with Gasteiger partial charge in [0.15, 0.2) is 0 Å². The number of rotatable bonds is 3. The van der Waals surface area contributed by atoms with Crippen molar-refractivity contribution >= 4 is 33.5 Å². The number of ether oxygens (including phenoxy) is 1. The number of carbonyl (C=O) groups is 1. The Bertz CT molecular complexity index is 700. The molecule has 1 amide bonds. The van der Waals surface area contributed by atoms with Crippen molar-refractivity contribution in [3.63, 3.8) is 0 Å². The molecule has 0 unspecified atom stereocenters. The Labute approximate surface area is 143 Å². The number of nitrogens with one attached hydrogen (secondary N) is 1. The number of benzene rings is 1. The molecule has 1 N–H and O–H groups in total. The molecule has 0 saturated carbocycles. The van der Waals surface area contributed by atoms with Gasteiger partial charge in [0, 0.05) is 35.6 Å². The van der Waals surface area contributed by atoms with Crippen LogP contribution < -0.4 is 10.2 Å². The fourth-order valence-corrected chi connectivity index (χ4v) is 2.62. The highest BCUT2D eigenvalue weighted by atomic mass is 79.9. The van der Waals surface area contributed by atoms with Crippen LogP contribution >= 0.6 is 15.9 Å². The summed E-state index contributed by atoms with van der Waals surface area (Å²) in [5.41, 5.74) is 2.27. The molecule has 6 nitrogen and oxygen atoms in total. The van der Waals surface area contributed by atoms with Crippen LogP contribution in [-0.4, -0.2) is 42.2 Å². The maximum atomic E-state index is 12.3. The summed E-state index contributed by atoms with van der Waals surface area (Å²) in [5, 5.41) is 2.84. The van der Waals surface area contributed by atoms with Gasteiger partial charge < -0.3 is 15.0 Å². The first-order chi connectivity index (χ1) is 11.1. The van der Waals surface area contributed by atoms with Crippen molar-refractivity contribution in [3.8, 4) is 0 Å². The third kappa shape index (κ3) is 3.86. The Morgan fingerprint density at radius 3 is 2.61 bits per heavy atom. The smallest absolute Gasteiger partial charge is 0.258 e. The second-order valence-electron chi connectivity index (χ2n) is 5.29. The van der Waals surface area contributed by atoms with Gasteiger partial charge in [0.2, 0.25) is 5.95 Å². The molecule has 1 fully saturated rings. The normalized spacial score (nSPS) is 14.6. The molecule has 0 radical (unpaired) electrons. The molecule has 1 aromatic carbocycles. The zero-order valence-electron chi connectivity index (χ0n) is 12.8. The number of halogens is 1. The number of carbonyl (C=O) groups excluding carboxylic acids is 1. The summed E-state index contributed by atoms with van der Waals surface area (Å²) in [6.07, 6.45) is 3.10. The number of nitrogens with zero attached hydrogens (tertiary/aromatic N) is 3. The SMILES string of the molecule is Cc1ccc(NC(=O)c2cnc(N3CCOCC3)nc2)cc1Br. The molecule has 0 atom stereocenters. The van der Waals surface area contributed by atoms with Gasteiger partial charge in [-0.1, -0.05) is 22.0 Å². The van der Waals surface area contributed by atoms with Crippen molar-refractivity contribution in [1.82, 2.24) is 9.97 Å². The molecule has 0 spiro atoms. The van der Waals surface area contributed by atoms with E-state index in [4.69, 9.17) is 4.74 Å². The lowest BCUT2D eigenvalue weighted by Crippen LogP contribution is -2.37. The van der Waals surface area contributed by atoms with Gasteiger partial charge in [0.1, 0.15) is 0 Å². The predicted octanol–water partition coefficient (Wildman–Crippen LogP) is 2.64. The Morgan fingerprint density at radius 2 is 1.96 bits per heavy atom. The molecule has 1 aromatic heterocycles. The number of hydrogen-bond donors (Lipinski definition) is 1. The Balaban J connectivity index is 1.68. The number of aryl methyl sites for hydroxylation is 1. The molecular weight excluding hydrogens is 360 g/mol. The Kier molecular flexibility index (Phi) is 4.88. The molecule has 23 heavy (non-hydrogen) atoms. The van der Waals surface area contributed by atoms with Gasteiger partial charge in [-0.25, -0.2) is 9.97 Å². The zero-order valence-corrected chi connectivity index (χ0v) is 14.3. The number of amides is 1. The second kappa shape index (κ2) is 7.06. The zero-order chi connectivity index (χ0) is 16.2. The van der Waals surface area contributed by atoms with E-state index in [9.17, 15) is 4.79 Å². The number of hydrogen-bond acceptors (Lipinski definition) is 5. The molecule has 7 heteroatoms. The Morgan fingerprint density at radius 1 is 1.26 bits per heavy atom. The van der Waals surface area contributed by atoms with Gasteiger partial charge in [-0.05, 0) is 24.6 Å². The van der Waals surface area contributed by atoms with Crippen molar-refractivity contribution in [2.45, 2.75) is 6.92 Å². The van der Waals surface area contributed by atoms with Crippen LogP contribution in [0.1, 0.15) is 15.9 Å². The first-order valence-electron chi connectivity index (χ1n) is 7.36. The summed E-state index contributed by atoms with van der Waals surface area (Å²) in [6, 6.07) is 5.68. The molecular formula is C16H17BrN4O2. The molecule has 1 aliphatic heterocycles. The molecule has 2 heterocycles. The molecule has 0 bridgehead atoms. The summed E-state index contributed by atoms with van der Waals surface area (Å²) in [5.74, 6) is 0.400. The topological polar surface area (TPSA) is 67.4 Å². The van der Waals surface area contributed by atoms with Crippen LogP contribution in [-0.2, 0) is 4.74 Å². The molecule has 1 aliphatic rings. The third-order valence-corrected chi connectivity index (χ3v) is 4.48. The molecule has 1 saturated heterocycles. The van der Waals surface area contributed by atoms with E-state index >= 15 is 0 Å². The van der Waals surface area contributed by atoms with Crippen molar-refractivity contribution in [3.05, 3.63) is 46.2 Å². The van der Waals surface area contributed by atoms with Crippen LogP contribution in [0.15, 0.2) is 35.1 Å². The van der Waals surface area contributed by atoms with Crippen molar-refractivity contribution in [1.29, 1.82) is 0 Å². The lowest BCUT2D eigenvalue weighted by atomic mass is 10.2. The summed E-state index contributed by atoms with van der Waals surface area (Å²) >= 11 is 3.45. The first-order valence-corrected chi connectivity index (χ1v) is 8.15. The van der Waals surface area contributed by atoms with E-state index in [1.165, 1.54) is 0 Å². The van der Waals surface area contributed by atoms with E-state index in [0.29, 0.717) is 24.7 Å². The Hall–Kier alpha value is -1.99. The number of morpholine rings is 1. The fraction of sp³-hybridized carbons (Fsp3) is 0.312. The van der Waals surface area contributed by atoms with Gasteiger partial charge in [0.25, 0.3) is 5.91 Å². The molecule has 0 aliphatic carbocycles. The molecule has 2 aromatic rings. The van der Waals surface area contributed by atoms with Gasteiger partial charge in [-0.2, -0.15) is 0 Å². The van der Waals surface area contributed by atoms with E-state index in [1.807, 2.05) is 30.0 Å². The minimum Gasteiger partial charge on any atom is -0.378 e. The maximum Gasteiger partial charge on any atom is 0.258 e. The van der Waals surface area contributed by atoms with E-state index < -0.39 is 0 Å². The minimum absolute atomic E-state index is 0.228. The van der Waals surface area contributed by atoms with Crippen LogP contribution in [0.3, 0.4) is 0 Å². The standard InChI is InChI=1S/C16H17BrN4O2/c1-11-2-3-13(8-14(11)17)20-15(22)12-9-18-16(19-10-12)21-4-6-23-7-5-21/h2-3,8-10H,4-7H2,1H3,(H,20,22). The lowest BCUT2D eigenvalue weighted by molar-refractivity contribution is 0.102. The fourth-order valence-electron chi connectivity index (χ4n) is 2.24. The summed E-state index contributed by atoms with van der Waals surface area (Å²) < 4.78 is 6.26. The van der Waals surface area contributed by atoms with E-state index in [-0.39, 0.29) is 5.91 Å². The summed E-state index contributed by atoms with van der Waals surface area (Å²) in [7, 11) is 0. The highest BCUT2D eigenvalue weighted by Gasteiger charge is 2.15. The van der Waals surface area contributed by atoms with Gasteiger partial charge >= 0.3 is 0 Å². The van der Waals surface area contributed by atoms with Crippen LogP contribution in [0.4, 0.5) is 11.6 Å². The van der Waals surface area contributed by atoms with Gasteiger partial charge in [-0.15, -0.1) is 0 Å². The van der Waals surface area contributed by atoms with Crippen LogP contribution in [0, 0.1) is 6.92 Å². The van der Waals surface area contributed by atoms with E-state index in [1.54, 1.807) is 12.4 Å². The monoisotopic (exact) mass is 376 g/mol. The second-order valence-corrected chi connectivity index (χ2v) is 6.14. The molecule has 3 rings (SSSR count). The highest BCUT2D eigenvalue weighted by Crippen LogP contribution is 2.21. The third-order valence-electron chi connectivity index (χ3n) is 3.62. The van der Waals surface area contributed by atoms with Crippen LogP contribution in [0.5, 0.6) is 0 Å². The minimum atomic E-state index is -0.228. The average molecular weight is 377 g/mol. The van der Waals surface area contributed by atoms with Crippen LogP contribution in [0.25, 0.3) is 0 Å². The van der Waals surface area contributed by atoms with Gasteiger partial charge in [0.05, 0.1) is 18.8 Å². The van der Waals surface area contributed by atoms with Crippen molar-refractivity contribution < 1.29 is 9.53 Å². The van der Waals surface area contributed by atoms with Gasteiger partial charge in [-0.3, -0.25) is 4.79 Å². The quantitative estimate of drug-likeness (QED) is 0.891. The van der Waals surface area contributed by atoms with E-state index in [2.05, 4.69) is 31.2 Å². The number of anilines is 2. The van der Waals surface area contributed by atoms with Crippen molar-refractivity contribution in [2.24, 2.45) is 0 Å². The molecule has 120 valence electrons. The first kappa shape index (κ1) is 15.9. The van der Waals surface area contributed by atoms with Crippen molar-refractivity contribution in [2.75, 3.05) is 36.5 Å². The summed E-state index contributed by atoms with van der Waals surface area (Å²) in [4.78, 5) is 22.9. The maximum absolute atomic E-state index is 12.3. The largest absolute Gasteiger partial charge is 0.378 e. The average Bonchev–Trinajstić information content (AvgIpc) is 2.59. The number of aromatic nitrogens is 2. The van der Waals surface area contributed by atoms with E-state index in [0.717, 1.165) is 28.8 Å². The lowest BCUT2D eigenvalue weighted by Gasteiger charge is -2.26. The summed E-state index contributed by atoms with van der Waals surface area (Å²) in [6.45, 7) is 4.88. The van der Waals surface area contributed by atoms with Crippen LogP contribution in [0.2, 0.25) is 0 Å². The highest BCUT2D eigenvalue weighted by molar-refractivity contribution is 9.10.